The maximum Gasteiger partial charge on any atom is 0.108 e. The maximum atomic E-state index is 5.82. The molecule has 0 aliphatic heterocycles. The van der Waals surface area contributed by atoms with Crippen molar-refractivity contribution >= 4 is 15.9 Å². The lowest BCUT2D eigenvalue weighted by Crippen LogP contribution is -2.23. The highest BCUT2D eigenvalue weighted by Crippen LogP contribution is 2.25. The second-order valence-corrected chi connectivity index (χ2v) is 8.83. The molecule has 2 heteroatoms. The Balaban J connectivity index is 2.91. The van der Waals surface area contributed by atoms with Gasteiger partial charge in [-0.3, -0.25) is 0 Å². The lowest BCUT2D eigenvalue weighted by atomic mass is 9.95. The molecule has 0 amide bonds. The van der Waals surface area contributed by atoms with Crippen LogP contribution in [0.15, 0.2) is 22.8 Å². The van der Waals surface area contributed by atoms with Crippen LogP contribution < -0.4 is 0 Å². The molecule has 0 bridgehead atoms. The second-order valence-electron chi connectivity index (χ2n) is 3.80. The van der Waals surface area contributed by atoms with E-state index in [-0.39, 0.29) is 0 Å². The lowest BCUT2D eigenvalue weighted by Gasteiger charge is -2.18. The van der Waals surface area contributed by atoms with Gasteiger partial charge in [-0.2, -0.15) is 0 Å². The summed E-state index contributed by atoms with van der Waals surface area (Å²) in [6.07, 6.45) is 5.32. The van der Waals surface area contributed by atoms with Crippen LogP contribution in [-0.2, 0) is 0 Å². The maximum absolute atomic E-state index is 5.82. The van der Waals surface area contributed by atoms with Gasteiger partial charge in [-0.25, -0.2) is 0 Å². The molecule has 0 aromatic rings. The molecule has 1 aliphatic carbocycles. The van der Waals surface area contributed by atoms with Crippen LogP contribution >= 0.6 is 0 Å². The van der Waals surface area contributed by atoms with Crippen LogP contribution in [0.4, 0.5) is 0 Å². The Kier molecular flexibility index (Phi) is 1.91. The second kappa shape index (κ2) is 2.42. The summed E-state index contributed by atoms with van der Waals surface area (Å²) in [5.74, 6) is 0. The highest BCUT2D eigenvalue weighted by atomic mass is 28.3. The van der Waals surface area contributed by atoms with Gasteiger partial charge in [0.1, 0.15) is 7.85 Å². The van der Waals surface area contributed by atoms with Gasteiger partial charge >= 0.3 is 0 Å². The average Bonchev–Trinajstić information content (AvgIpc) is 2.11. The summed E-state index contributed by atoms with van der Waals surface area (Å²) in [6.45, 7) is 6.97. The summed E-state index contributed by atoms with van der Waals surface area (Å²) in [6, 6.07) is 0. The molecule has 1 rings (SSSR count). The highest BCUT2D eigenvalue weighted by molar-refractivity contribution is 6.84. The van der Waals surface area contributed by atoms with Crippen molar-refractivity contribution in [2.75, 3.05) is 0 Å². The molecule has 0 fully saturated rings. The zero-order valence-electron chi connectivity index (χ0n) is 6.94. The van der Waals surface area contributed by atoms with E-state index in [0.29, 0.717) is 0 Å². The third-order valence-electron chi connectivity index (χ3n) is 1.78. The van der Waals surface area contributed by atoms with Gasteiger partial charge < -0.3 is 0 Å². The van der Waals surface area contributed by atoms with E-state index >= 15 is 0 Å². The summed E-state index contributed by atoms with van der Waals surface area (Å²) >= 11 is 0. The first kappa shape index (κ1) is 7.86. The van der Waals surface area contributed by atoms with Crippen LogP contribution in [0.2, 0.25) is 19.6 Å². The molecule has 0 atom stereocenters. The van der Waals surface area contributed by atoms with Gasteiger partial charge in [0.15, 0.2) is 0 Å². The molecule has 1 aliphatic rings. The number of rotatable bonds is 1. The van der Waals surface area contributed by atoms with E-state index in [0.717, 1.165) is 11.9 Å². The summed E-state index contributed by atoms with van der Waals surface area (Å²) in [5, 5.41) is 1.44. The van der Waals surface area contributed by atoms with E-state index in [1.165, 1.54) is 5.20 Å². The monoisotopic (exact) mass is 148 g/mol. The van der Waals surface area contributed by atoms with Crippen LogP contribution in [-0.4, -0.2) is 15.9 Å². The van der Waals surface area contributed by atoms with Crippen molar-refractivity contribution in [3.8, 4) is 0 Å². The van der Waals surface area contributed by atoms with E-state index in [9.17, 15) is 0 Å². The fraction of sp³-hybridized carbons (Fsp3) is 0.500. The van der Waals surface area contributed by atoms with Crippen LogP contribution in [0.5, 0.6) is 0 Å². The third-order valence-corrected chi connectivity index (χ3v) is 3.88. The molecule has 52 valence electrons. The van der Waals surface area contributed by atoms with E-state index < -0.39 is 8.07 Å². The number of allylic oxidation sites excluding steroid dienone is 4. The molecule has 0 aromatic carbocycles. The Morgan fingerprint density at radius 2 is 2.00 bits per heavy atom. The Hall–Kier alpha value is -0.238. The lowest BCUT2D eigenvalue weighted by molar-refractivity contribution is 1.40. The molecule has 0 spiro atoms. The highest BCUT2D eigenvalue weighted by Gasteiger charge is 2.20. The minimum atomic E-state index is -1.12. The fourth-order valence-corrected chi connectivity index (χ4v) is 2.94. The van der Waals surface area contributed by atoms with E-state index in [1.54, 1.807) is 0 Å². The predicted octanol–water partition coefficient (Wildman–Crippen LogP) is 2.25. The van der Waals surface area contributed by atoms with E-state index in [1.807, 2.05) is 0 Å². The molecule has 10 heavy (non-hydrogen) atoms. The molecule has 2 radical (unpaired) electrons. The summed E-state index contributed by atoms with van der Waals surface area (Å²) < 4.78 is 0. The van der Waals surface area contributed by atoms with Crippen molar-refractivity contribution in [2.45, 2.75) is 26.1 Å². The number of hydrogen-bond acceptors (Lipinski definition) is 0. The topological polar surface area (TPSA) is 0 Å². The van der Waals surface area contributed by atoms with Crippen molar-refractivity contribution < 1.29 is 0 Å². The van der Waals surface area contributed by atoms with Gasteiger partial charge in [0.2, 0.25) is 0 Å². The summed E-state index contributed by atoms with van der Waals surface area (Å²) in [7, 11) is 4.70. The molecule has 0 N–H and O–H groups in total. The van der Waals surface area contributed by atoms with Gasteiger partial charge in [-0.1, -0.05) is 37.0 Å². The Morgan fingerprint density at radius 1 is 1.40 bits per heavy atom. The molecule has 0 unspecified atom stereocenters. The zero-order valence-corrected chi connectivity index (χ0v) is 7.94. The Morgan fingerprint density at radius 3 is 2.20 bits per heavy atom. The quantitative estimate of drug-likeness (QED) is 0.500. The summed E-state index contributed by atoms with van der Waals surface area (Å²) in [4.78, 5) is 0. The normalized spacial score (nSPS) is 18.7. The zero-order chi connectivity index (χ0) is 7.78. The molecule has 0 saturated heterocycles. The van der Waals surface area contributed by atoms with Gasteiger partial charge in [0.25, 0.3) is 0 Å². The summed E-state index contributed by atoms with van der Waals surface area (Å²) in [5.41, 5.74) is 1.10. The van der Waals surface area contributed by atoms with Gasteiger partial charge in [0.05, 0.1) is 8.07 Å². The molecule has 0 saturated carbocycles. The van der Waals surface area contributed by atoms with Crippen molar-refractivity contribution in [2.24, 2.45) is 0 Å². The number of hydrogen-bond donors (Lipinski definition) is 0. The van der Waals surface area contributed by atoms with Gasteiger partial charge in [-0.05, 0) is 6.42 Å². The smallest absolute Gasteiger partial charge is 0.108 e. The first-order chi connectivity index (χ1) is 4.52. The van der Waals surface area contributed by atoms with Gasteiger partial charge in [0, 0.05) is 0 Å². The largest absolute Gasteiger partial charge is 0.115 e. The third kappa shape index (κ3) is 1.43. The standard InChI is InChI=1S/C8H13BSi/c1-10(2,3)8-6-4-5-7(8)9/h4,6H,5H2,1-3H3. The van der Waals surface area contributed by atoms with Crippen LogP contribution in [0.1, 0.15) is 6.42 Å². The average molecular weight is 148 g/mol. The molecule has 0 heterocycles. The molecular formula is C8H13BSi. The van der Waals surface area contributed by atoms with Crippen LogP contribution in [0.25, 0.3) is 0 Å². The molecule has 0 nitrogen and oxygen atoms in total. The first-order valence-electron chi connectivity index (χ1n) is 3.67. The van der Waals surface area contributed by atoms with Crippen LogP contribution in [0, 0.1) is 0 Å². The van der Waals surface area contributed by atoms with Crippen molar-refractivity contribution in [3.63, 3.8) is 0 Å². The van der Waals surface area contributed by atoms with Crippen molar-refractivity contribution in [3.05, 3.63) is 22.8 Å². The first-order valence-corrected chi connectivity index (χ1v) is 7.17. The minimum Gasteiger partial charge on any atom is -0.115 e. The predicted molar refractivity (Wildman–Crippen MR) is 49.9 cm³/mol. The minimum absolute atomic E-state index is 0.972. The Labute approximate surface area is 65.4 Å². The SMILES string of the molecule is [B]C1=C([Si](C)(C)C)C=CC1. The van der Waals surface area contributed by atoms with Crippen LogP contribution in [0.3, 0.4) is 0 Å². The fourth-order valence-electron chi connectivity index (χ4n) is 1.25. The van der Waals surface area contributed by atoms with Gasteiger partial charge in [-0.15, -0.1) is 5.47 Å². The van der Waals surface area contributed by atoms with Crippen molar-refractivity contribution in [1.29, 1.82) is 0 Å². The van der Waals surface area contributed by atoms with E-state index in [4.69, 9.17) is 7.85 Å². The molecular weight excluding hydrogens is 135 g/mol. The van der Waals surface area contributed by atoms with Crippen molar-refractivity contribution in [1.82, 2.24) is 0 Å². The Bertz CT molecular complexity index is 196. The molecule has 0 aromatic heterocycles. The van der Waals surface area contributed by atoms with E-state index in [2.05, 4.69) is 31.8 Å².